The standard InChI is InChI=1S/C28H29N5O4/c1-2-3-9-25(36)29-27-26(28(37)33(32-27)22-7-5-4-6-8-22)31-30-21-14-11-19(12-15-21)10-13-20-18-23(34)16-17-24(20)35/h4-8,11-12,14-18,32,34-35H,2-3,9-10,13H2,1H3,(H,29,36). The number of hydrogen-bond donors (Lipinski definition) is 4. The number of aromatic hydroxyl groups is 2. The van der Waals surface area contributed by atoms with E-state index in [0.29, 0.717) is 36.2 Å². The van der Waals surface area contributed by atoms with Crippen LogP contribution in [0.25, 0.3) is 5.69 Å². The van der Waals surface area contributed by atoms with E-state index in [2.05, 4.69) is 20.6 Å². The van der Waals surface area contributed by atoms with E-state index in [-0.39, 0.29) is 28.9 Å². The number of azo groups is 1. The van der Waals surface area contributed by atoms with Crippen LogP contribution >= 0.6 is 0 Å². The maximum Gasteiger partial charge on any atom is 0.301 e. The van der Waals surface area contributed by atoms with Crippen molar-refractivity contribution in [2.45, 2.75) is 39.0 Å². The van der Waals surface area contributed by atoms with E-state index in [1.54, 1.807) is 30.3 Å². The molecular weight excluding hydrogens is 470 g/mol. The van der Waals surface area contributed by atoms with Gasteiger partial charge in [-0.15, -0.1) is 5.11 Å². The van der Waals surface area contributed by atoms with Gasteiger partial charge in [-0.3, -0.25) is 14.7 Å². The number of aromatic amines is 1. The molecule has 0 saturated heterocycles. The fourth-order valence-corrected chi connectivity index (χ4v) is 3.79. The Hall–Kier alpha value is -4.66. The Morgan fingerprint density at radius 1 is 0.973 bits per heavy atom. The minimum atomic E-state index is -0.428. The first-order valence-corrected chi connectivity index (χ1v) is 12.2. The highest BCUT2D eigenvalue weighted by molar-refractivity contribution is 5.92. The summed E-state index contributed by atoms with van der Waals surface area (Å²) in [7, 11) is 0. The van der Waals surface area contributed by atoms with E-state index in [1.165, 1.54) is 16.8 Å². The predicted octanol–water partition coefficient (Wildman–Crippen LogP) is 5.91. The van der Waals surface area contributed by atoms with Crippen LogP contribution in [0.3, 0.4) is 0 Å². The van der Waals surface area contributed by atoms with Crippen LogP contribution in [0.5, 0.6) is 11.5 Å². The van der Waals surface area contributed by atoms with Crippen LogP contribution in [0.4, 0.5) is 17.2 Å². The van der Waals surface area contributed by atoms with E-state index in [4.69, 9.17) is 0 Å². The van der Waals surface area contributed by atoms with Crippen LogP contribution in [0.2, 0.25) is 0 Å². The summed E-state index contributed by atoms with van der Waals surface area (Å²) >= 11 is 0. The van der Waals surface area contributed by atoms with Crippen molar-refractivity contribution < 1.29 is 15.0 Å². The van der Waals surface area contributed by atoms with Gasteiger partial charge in [0.1, 0.15) is 11.5 Å². The van der Waals surface area contributed by atoms with E-state index in [0.717, 1.165) is 18.4 Å². The summed E-state index contributed by atoms with van der Waals surface area (Å²) in [5, 5.41) is 33.7. The van der Waals surface area contributed by atoms with Crippen LogP contribution in [0.15, 0.2) is 87.8 Å². The second kappa shape index (κ2) is 11.9. The Kier molecular flexibility index (Phi) is 8.15. The summed E-state index contributed by atoms with van der Waals surface area (Å²) in [5.74, 6) is 0.247. The molecule has 0 fully saturated rings. The molecule has 4 rings (SSSR count). The minimum Gasteiger partial charge on any atom is -0.508 e. The monoisotopic (exact) mass is 499 g/mol. The number of phenols is 2. The Morgan fingerprint density at radius 2 is 1.73 bits per heavy atom. The molecule has 9 heteroatoms. The number of anilines is 1. The third kappa shape index (κ3) is 6.52. The minimum absolute atomic E-state index is 0.0112. The summed E-state index contributed by atoms with van der Waals surface area (Å²) in [5.41, 5.74) is 2.41. The molecule has 1 amide bonds. The smallest absolute Gasteiger partial charge is 0.301 e. The van der Waals surface area contributed by atoms with Crippen LogP contribution < -0.4 is 10.9 Å². The lowest BCUT2D eigenvalue weighted by Gasteiger charge is -2.06. The molecule has 1 aromatic heterocycles. The third-order valence-corrected chi connectivity index (χ3v) is 5.85. The molecule has 0 spiro atoms. The topological polar surface area (TPSA) is 132 Å². The fourth-order valence-electron chi connectivity index (χ4n) is 3.79. The van der Waals surface area contributed by atoms with Gasteiger partial charge >= 0.3 is 5.56 Å². The first-order chi connectivity index (χ1) is 17.9. The molecule has 0 aliphatic heterocycles. The molecule has 0 aliphatic rings. The zero-order valence-electron chi connectivity index (χ0n) is 20.5. The van der Waals surface area contributed by atoms with Gasteiger partial charge in [0.15, 0.2) is 11.5 Å². The zero-order valence-corrected chi connectivity index (χ0v) is 20.5. The average Bonchev–Trinajstić information content (AvgIpc) is 3.22. The van der Waals surface area contributed by atoms with Gasteiger partial charge in [0, 0.05) is 6.42 Å². The number of carbonyl (C=O) groups is 1. The van der Waals surface area contributed by atoms with Gasteiger partial charge in [0.2, 0.25) is 5.91 Å². The summed E-state index contributed by atoms with van der Waals surface area (Å²) in [4.78, 5) is 25.5. The maximum absolute atomic E-state index is 13.1. The van der Waals surface area contributed by atoms with E-state index >= 15 is 0 Å². The molecule has 37 heavy (non-hydrogen) atoms. The first kappa shape index (κ1) is 25.4. The van der Waals surface area contributed by atoms with Gasteiger partial charge in [0.25, 0.3) is 0 Å². The average molecular weight is 500 g/mol. The molecule has 4 N–H and O–H groups in total. The van der Waals surface area contributed by atoms with E-state index in [1.807, 2.05) is 37.3 Å². The summed E-state index contributed by atoms with van der Waals surface area (Å²) in [6.07, 6.45) is 3.18. The Bertz CT molecular complexity index is 1440. The van der Waals surface area contributed by atoms with Crippen molar-refractivity contribution in [1.29, 1.82) is 0 Å². The quantitative estimate of drug-likeness (QED) is 0.160. The molecule has 4 aromatic rings. The number of benzene rings is 3. The predicted molar refractivity (Wildman–Crippen MR) is 142 cm³/mol. The van der Waals surface area contributed by atoms with Crippen molar-refractivity contribution in [3.05, 3.63) is 94.3 Å². The van der Waals surface area contributed by atoms with E-state index in [9.17, 15) is 19.8 Å². The number of para-hydroxylation sites is 1. The number of nitrogens with one attached hydrogen (secondary N) is 2. The number of H-pyrrole nitrogens is 1. The zero-order chi connectivity index (χ0) is 26.2. The van der Waals surface area contributed by atoms with Crippen molar-refractivity contribution in [1.82, 2.24) is 9.78 Å². The highest BCUT2D eigenvalue weighted by Crippen LogP contribution is 2.26. The fraction of sp³-hybridized carbons (Fsp3) is 0.214. The number of aryl methyl sites for hydroxylation is 2. The molecule has 0 aliphatic carbocycles. The molecule has 0 bridgehead atoms. The largest absolute Gasteiger partial charge is 0.508 e. The Balaban J connectivity index is 1.53. The maximum atomic E-state index is 13.1. The lowest BCUT2D eigenvalue weighted by molar-refractivity contribution is -0.116. The number of nitrogens with zero attached hydrogens (tertiary/aromatic N) is 3. The van der Waals surface area contributed by atoms with Crippen LogP contribution in [0.1, 0.15) is 37.3 Å². The second-order valence-electron chi connectivity index (χ2n) is 8.64. The number of amides is 1. The molecule has 3 aromatic carbocycles. The Morgan fingerprint density at radius 3 is 2.46 bits per heavy atom. The van der Waals surface area contributed by atoms with Gasteiger partial charge < -0.3 is 15.5 Å². The number of unbranched alkanes of at least 4 members (excludes halogenated alkanes) is 1. The summed E-state index contributed by atoms with van der Waals surface area (Å²) in [6, 6.07) is 20.8. The number of rotatable bonds is 10. The van der Waals surface area contributed by atoms with Crippen LogP contribution in [-0.4, -0.2) is 25.9 Å². The Labute approximate surface area is 214 Å². The number of phenolic OH excluding ortho intramolecular Hbond substituents is 2. The van der Waals surface area contributed by atoms with Gasteiger partial charge in [0.05, 0.1) is 11.4 Å². The molecule has 190 valence electrons. The summed E-state index contributed by atoms with van der Waals surface area (Å²) < 4.78 is 1.32. The van der Waals surface area contributed by atoms with Crippen molar-refractivity contribution >= 4 is 23.1 Å². The van der Waals surface area contributed by atoms with Gasteiger partial charge in [-0.1, -0.05) is 43.7 Å². The van der Waals surface area contributed by atoms with Crippen molar-refractivity contribution in [3.8, 4) is 17.2 Å². The highest BCUT2D eigenvalue weighted by atomic mass is 16.3. The van der Waals surface area contributed by atoms with Crippen molar-refractivity contribution in [3.63, 3.8) is 0 Å². The molecule has 0 radical (unpaired) electrons. The molecule has 9 nitrogen and oxygen atoms in total. The molecular formula is C28H29N5O4. The normalized spacial score (nSPS) is 11.2. The first-order valence-electron chi connectivity index (χ1n) is 12.2. The lowest BCUT2D eigenvalue weighted by atomic mass is 10.0. The second-order valence-corrected chi connectivity index (χ2v) is 8.64. The SMILES string of the molecule is CCCCC(=O)Nc1[nH]n(-c2ccccc2)c(=O)c1N=Nc1ccc(CCc2cc(O)ccc2O)cc1. The summed E-state index contributed by atoms with van der Waals surface area (Å²) in [6.45, 7) is 2.00. The van der Waals surface area contributed by atoms with E-state index < -0.39 is 5.56 Å². The number of hydrogen-bond acceptors (Lipinski definition) is 6. The molecule has 0 atom stereocenters. The van der Waals surface area contributed by atoms with Crippen LogP contribution in [0, 0.1) is 0 Å². The van der Waals surface area contributed by atoms with Gasteiger partial charge in [-0.2, -0.15) is 5.11 Å². The van der Waals surface area contributed by atoms with Crippen LogP contribution in [-0.2, 0) is 17.6 Å². The van der Waals surface area contributed by atoms with Gasteiger partial charge in [-0.05, 0) is 72.9 Å². The molecule has 1 heterocycles. The molecule has 0 saturated carbocycles. The number of aromatic nitrogens is 2. The van der Waals surface area contributed by atoms with Crippen molar-refractivity contribution in [2.75, 3.05) is 5.32 Å². The van der Waals surface area contributed by atoms with Gasteiger partial charge in [-0.25, -0.2) is 4.68 Å². The highest BCUT2D eigenvalue weighted by Gasteiger charge is 2.17. The van der Waals surface area contributed by atoms with Crippen molar-refractivity contribution in [2.24, 2.45) is 10.2 Å². The lowest BCUT2D eigenvalue weighted by Crippen LogP contribution is -2.13. The molecule has 0 unspecified atom stereocenters. The third-order valence-electron chi connectivity index (χ3n) is 5.85. The number of carbonyl (C=O) groups excluding carboxylic acids is 1.